The first-order valence-electron chi connectivity index (χ1n) is 8.53. The third-order valence-corrected chi connectivity index (χ3v) is 6.26. The number of hydrogen-bond acceptors (Lipinski definition) is 5. The molecule has 1 aromatic carbocycles. The molecule has 0 amide bonds. The minimum atomic E-state index is -3.45. The summed E-state index contributed by atoms with van der Waals surface area (Å²) in [5.74, 6) is 1.23. The van der Waals surface area contributed by atoms with Crippen LogP contribution in [0.15, 0.2) is 41.7 Å². The molecule has 0 spiro atoms. The van der Waals surface area contributed by atoms with E-state index in [-0.39, 0.29) is 0 Å². The number of nitrogens with zero attached hydrogens (tertiary/aromatic N) is 3. The van der Waals surface area contributed by atoms with Gasteiger partial charge in [-0.2, -0.15) is 0 Å². The van der Waals surface area contributed by atoms with Crippen LogP contribution in [0.3, 0.4) is 0 Å². The van der Waals surface area contributed by atoms with Crippen molar-refractivity contribution in [3.8, 4) is 0 Å². The van der Waals surface area contributed by atoms with E-state index in [1.165, 1.54) is 0 Å². The van der Waals surface area contributed by atoms with E-state index < -0.39 is 10.0 Å². The zero-order chi connectivity index (χ0) is 17.9. The van der Waals surface area contributed by atoms with E-state index in [1.807, 2.05) is 19.9 Å². The van der Waals surface area contributed by atoms with Crippen molar-refractivity contribution in [3.63, 3.8) is 0 Å². The maximum Gasteiger partial charge on any atom is 0.240 e. The van der Waals surface area contributed by atoms with Crippen molar-refractivity contribution < 1.29 is 8.42 Å². The van der Waals surface area contributed by atoms with Crippen LogP contribution in [0.25, 0.3) is 0 Å². The van der Waals surface area contributed by atoms with Crippen molar-refractivity contribution in [2.75, 3.05) is 24.5 Å². The van der Waals surface area contributed by atoms with Gasteiger partial charge in [-0.25, -0.2) is 18.1 Å². The third kappa shape index (κ3) is 4.35. The Morgan fingerprint density at radius 2 is 1.92 bits per heavy atom. The van der Waals surface area contributed by atoms with E-state index in [9.17, 15) is 8.42 Å². The molecule has 7 heteroatoms. The highest BCUT2D eigenvalue weighted by Gasteiger charge is 2.22. The molecular formula is C18H24N4O2S. The van der Waals surface area contributed by atoms with Gasteiger partial charge in [-0.15, -0.1) is 0 Å². The predicted octanol–water partition coefficient (Wildman–Crippen LogP) is 2.29. The van der Waals surface area contributed by atoms with Crippen LogP contribution in [0.1, 0.15) is 24.0 Å². The summed E-state index contributed by atoms with van der Waals surface area (Å²) in [6, 6.07) is 5.25. The summed E-state index contributed by atoms with van der Waals surface area (Å²) >= 11 is 0. The smallest absolute Gasteiger partial charge is 0.240 e. The number of anilines is 1. The topological polar surface area (TPSA) is 75.2 Å². The first-order chi connectivity index (χ1) is 12.0. The SMILES string of the molecule is Cc1ccc(S(=O)(=O)NCC2CCN(c3cnccn3)CC2)cc1C. The molecule has 2 aromatic rings. The Balaban J connectivity index is 1.55. The lowest BCUT2D eigenvalue weighted by atomic mass is 9.97. The Morgan fingerprint density at radius 1 is 1.16 bits per heavy atom. The molecule has 3 rings (SSSR count). The fourth-order valence-electron chi connectivity index (χ4n) is 3.01. The number of piperidine rings is 1. The molecule has 0 aliphatic carbocycles. The van der Waals surface area contributed by atoms with Crippen molar-refractivity contribution in [1.29, 1.82) is 0 Å². The van der Waals surface area contributed by atoms with Crippen LogP contribution in [-0.4, -0.2) is 38.0 Å². The number of sulfonamides is 1. The highest BCUT2D eigenvalue weighted by molar-refractivity contribution is 7.89. The monoisotopic (exact) mass is 360 g/mol. The van der Waals surface area contributed by atoms with Crippen LogP contribution in [0.2, 0.25) is 0 Å². The van der Waals surface area contributed by atoms with Gasteiger partial charge in [0.25, 0.3) is 0 Å². The summed E-state index contributed by atoms with van der Waals surface area (Å²) in [6.07, 6.45) is 7.00. The molecule has 25 heavy (non-hydrogen) atoms. The van der Waals surface area contributed by atoms with Crippen LogP contribution in [0.5, 0.6) is 0 Å². The normalized spacial score (nSPS) is 16.2. The van der Waals surface area contributed by atoms with Crippen molar-refractivity contribution in [2.45, 2.75) is 31.6 Å². The van der Waals surface area contributed by atoms with E-state index in [1.54, 1.807) is 30.7 Å². The Labute approximate surface area is 149 Å². The molecule has 0 radical (unpaired) electrons. The molecule has 0 bridgehead atoms. The quantitative estimate of drug-likeness (QED) is 0.885. The van der Waals surface area contributed by atoms with Gasteiger partial charge in [0.2, 0.25) is 10.0 Å². The van der Waals surface area contributed by atoms with Gasteiger partial charge in [0.1, 0.15) is 5.82 Å². The third-order valence-electron chi connectivity index (χ3n) is 4.84. The fourth-order valence-corrected chi connectivity index (χ4v) is 4.21. The molecule has 2 heterocycles. The maximum atomic E-state index is 12.5. The second-order valence-electron chi connectivity index (χ2n) is 6.59. The lowest BCUT2D eigenvalue weighted by Gasteiger charge is -2.32. The summed E-state index contributed by atoms with van der Waals surface area (Å²) in [6.45, 7) is 6.12. The summed E-state index contributed by atoms with van der Waals surface area (Å²) in [5.41, 5.74) is 2.08. The predicted molar refractivity (Wildman–Crippen MR) is 98.1 cm³/mol. The molecule has 0 atom stereocenters. The molecule has 1 fully saturated rings. The lowest BCUT2D eigenvalue weighted by molar-refractivity contribution is 0.400. The van der Waals surface area contributed by atoms with Gasteiger partial charge in [0.05, 0.1) is 11.1 Å². The largest absolute Gasteiger partial charge is 0.355 e. The van der Waals surface area contributed by atoms with E-state index >= 15 is 0 Å². The Morgan fingerprint density at radius 3 is 2.56 bits per heavy atom. The molecular weight excluding hydrogens is 336 g/mol. The minimum Gasteiger partial charge on any atom is -0.355 e. The summed E-state index contributed by atoms with van der Waals surface area (Å²) < 4.78 is 27.7. The number of hydrogen-bond donors (Lipinski definition) is 1. The summed E-state index contributed by atoms with van der Waals surface area (Å²) in [7, 11) is -3.45. The van der Waals surface area contributed by atoms with Crippen LogP contribution in [0.4, 0.5) is 5.82 Å². The highest BCUT2D eigenvalue weighted by atomic mass is 32.2. The average molecular weight is 360 g/mol. The molecule has 0 unspecified atom stereocenters. The van der Waals surface area contributed by atoms with E-state index in [0.29, 0.717) is 17.4 Å². The molecule has 1 N–H and O–H groups in total. The fraction of sp³-hybridized carbons (Fsp3) is 0.444. The van der Waals surface area contributed by atoms with Gasteiger partial charge in [-0.3, -0.25) is 4.98 Å². The van der Waals surface area contributed by atoms with Crippen molar-refractivity contribution in [3.05, 3.63) is 47.9 Å². The first kappa shape index (κ1) is 17.8. The maximum absolute atomic E-state index is 12.5. The Hall–Kier alpha value is -1.99. The molecule has 6 nitrogen and oxygen atoms in total. The Bertz CT molecular complexity index is 816. The highest BCUT2D eigenvalue weighted by Crippen LogP contribution is 2.21. The number of rotatable bonds is 5. The molecule has 1 aliphatic heterocycles. The molecule has 0 saturated carbocycles. The van der Waals surface area contributed by atoms with Crippen molar-refractivity contribution in [2.24, 2.45) is 5.92 Å². The van der Waals surface area contributed by atoms with Gasteiger partial charge in [-0.05, 0) is 55.9 Å². The zero-order valence-electron chi connectivity index (χ0n) is 14.6. The van der Waals surface area contributed by atoms with Gasteiger partial charge >= 0.3 is 0 Å². The molecule has 1 saturated heterocycles. The number of benzene rings is 1. The first-order valence-corrected chi connectivity index (χ1v) is 10.0. The van der Waals surface area contributed by atoms with Crippen molar-refractivity contribution >= 4 is 15.8 Å². The standard InChI is InChI=1S/C18H24N4O2S/c1-14-3-4-17(11-15(14)2)25(23,24)21-12-16-5-9-22(10-6-16)18-13-19-7-8-20-18/h3-4,7-8,11,13,16,21H,5-6,9-10,12H2,1-2H3. The number of aryl methyl sites for hydroxylation is 2. The van der Waals surface area contributed by atoms with Crippen LogP contribution in [0, 0.1) is 19.8 Å². The van der Waals surface area contributed by atoms with Gasteiger partial charge in [-0.1, -0.05) is 6.07 Å². The zero-order valence-corrected chi connectivity index (χ0v) is 15.5. The van der Waals surface area contributed by atoms with Crippen LogP contribution in [-0.2, 0) is 10.0 Å². The second-order valence-corrected chi connectivity index (χ2v) is 8.36. The minimum absolute atomic E-state index is 0.340. The average Bonchev–Trinajstić information content (AvgIpc) is 2.63. The van der Waals surface area contributed by atoms with E-state index in [0.717, 1.165) is 42.9 Å². The lowest BCUT2D eigenvalue weighted by Crippen LogP contribution is -2.39. The molecule has 134 valence electrons. The van der Waals surface area contributed by atoms with E-state index in [4.69, 9.17) is 0 Å². The van der Waals surface area contributed by atoms with E-state index in [2.05, 4.69) is 19.6 Å². The van der Waals surface area contributed by atoms with Crippen LogP contribution >= 0.6 is 0 Å². The van der Waals surface area contributed by atoms with Crippen molar-refractivity contribution in [1.82, 2.24) is 14.7 Å². The van der Waals surface area contributed by atoms with Crippen LogP contribution < -0.4 is 9.62 Å². The van der Waals surface area contributed by atoms with Gasteiger partial charge in [0, 0.05) is 32.0 Å². The molecule has 1 aromatic heterocycles. The summed E-state index contributed by atoms with van der Waals surface area (Å²) in [4.78, 5) is 11.0. The second kappa shape index (κ2) is 7.49. The van der Waals surface area contributed by atoms with Gasteiger partial charge < -0.3 is 4.90 Å². The molecule has 1 aliphatic rings. The number of nitrogens with one attached hydrogen (secondary N) is 1. The Kier molecular flexibility index (Phi) is 5.34. The number of aromatic nitrogens is 2. The van der Waals surface area contributed by atoms with Gasteiger partial charge in [0.15, 0.2) is 0 Å². The summed E-state index contributed by atoms with van der Waals surface area (Å²) in [5, 5.41) is 0.